The number of aromatic nitrogens is 1. The van der Waals surface area contributed by atoms with E-state index in [0.29, 0.717) is 5.88 Å². The van der Waals surface area contributed by atoms with Gasteiger partial charge in [-0.2, -0.15) is 0 Å². The summed E-state index contributed by atoms with van der Waals surface area (Å²) in [5.74, 6) is 0.461. The van der Waals surface area contributed by atoms with Crippen molar-refractivity contribution in [3.8, 4) is 11.6 Å². The van der Waals surface area contributed by atoms with E-state index in [1.165, 1.54) is 6.07 Å². The summed E-state index contributed by atoms with van der Waals surface area (Å²) in [5.41, 5.74) is 7.31. The third-order valence-corrected chi connectivity index (χ3v) is 2.81. The predicted octanol–water partition coefficient (Wildman–Crippen LogP) is 3.11. The molecule has 20 heavy (non-hydrogen) atoms. The Morgan fingerprint density at radius 3 is 2.65 bits per heavy atom. The zero-order valence-corrected chi connectivity index (χ0v) is 11.2. The maximum absolute atomic E-state index is 11.0. The quantitative estimate of drug-likeness (QED) is 0.682. The zero-order valence-electron chi connectivity index (χ0n) is 11.2. The highest BCUT2D eigenvalue weighted by Crippen LogP contribution is 2.31. The average Bonchev–Trinajstić information content (AvgIpc) is 2.41. The van der Waals surface area contributed by atoms with Crippen molar-refractivity contribution in [1.82, 2.24) is 4.98 Å². The third-order valence-electron chi connectivity index (χ3n) is 2.81. The summed E-state index contributed by atoms with van der Waals surface area (Å²) in [6.07, 6.45) is 1.60. The van der Waals surface area contributed by atoms with E-state index in [9.17, 15) is 10.1 Å². The Kier molecular flexibility index (Phi) is 3.95. The van der Waals surface area contributed by atoms with Gasteiger partial charge in [-0.15, -0.1) is 0 Å². The van der Waals surface area contributed by atoms with Crippen LogP contribution < -0.4 is 10.5 Å². The van der Waals surface area contributed by atoms with E-state index in [2.05, 4.69) is 4.98 Å². The summed E-state index contributed by atoms with van der Waals surface area (Å²) in [6, 6.07) is 8.08. The van der Waals surface area contributed by atoms with Crippen molar-refractivity contribution in [2.75, 3.05) is 0 Å². The molecule has 1 heterocycles. The maximum atomic E-state index is 11.0. The van der Waals surface area contributed by atoms with E-state index in [4.69, 9.17) is 10.5 Å². The highest BCUT2D eigenvalue weighted by atomic mass is 16.6. The van der Waals surface area contributed by atoms with Crippen LogP contribution in [0.4, 0.5) is 5.69 Å². The third kappa shape index (κ3) is 3.10. The minimum atomic E-state index is -0.474. The second-order valence-electron chi connectivity index (χ2n) is 4.55. The number of nitrogens with two attached hydrogens (primary N) is 1. The van der Waals surface area contributed by atoms with Crippen molar-refractivity contribution >= 4 is 5.69 Å². The summed E-state index contributed by atoms with van der Waals surface area (Å²) < 4.78 is 5.47. The molecule has 6 heteroatoms. The molecule has 0 aliphatic heterocycles. The lowest BCUT2D eigenvalue weighted by Crippen LogP contribution is -2.05. The number of nitrogens with zero attached hydrogens (tertiary/aromatic N) is 2. The minimum absolute atomic E-state index is 0.0805. The van der Waals surface area contributed by atoms with Gasteiger partial charge in [-0.05, 0) is 31.0 Å². The molecule has 104 valence electrons. The summed E-state index contributed by atoms with van der Waals surface area (Å²) in [7, 11) is 0. The monoisotopic (exact) mass is 273 g/mol. The Bertz CT molecular complexity index is 624. The first kappa shape index (κ1) is 14.0. The van der Waals surface area contributed by atoms with Crippen LogP contribution in [-0.4, -0.2) is 9.91 Å². The number of aryl methyl sites for hydroxylation is 1. The summed E-state index contributed by atoms with van der Waals surface area (Å²) in [4.78, 5) is 14.6. The van der Waals surface area contributed by atoms with Crippen LogP contribution in [0.15, 0.2) is 36.5 Å². The van der Waals surface area contributed by atoms with Crippen molar-refractivity contribution in [1.29, 1.82) is 0 Å². The lowest BCUT2D eigenvalue weighted by atomic mass is 10.2. The molecule has 0 aliphatic rings. The number of nitro benzene ring substituents is 1. The first-order chi connectivity index (χ1) is 9.47. The minimum Gasteiger partial charge on any atom is -0.432 e. The van der Waals surface area contributed by atoms with E-state index in [1.807, 2.05) is 6.92 Å². The van der Waals surface area contributed by atoms with Gasteiger partial charge in [-0.1, -0.05) is 12.1 Å². The number of benzene rings is 1. The van der Waals surface area contributed by atoms with Crippen molar-refractivity contribution in [2.24, 2.45) is 5.73 Å². The van der Waals surface area contributed by atoms with Gasteiger partial charge in [0.2, 0.25) is 11.6 Å². The molecule has 1 aromatic heterocycles. The highest BCUT2D eigenvalue weighted by molar-refractivity contribution is 5.49. The van der Waals surface area contributed by atoms with Gasteiger partial charge in [-0.3, -0.25) is 10.1 Å². The number of hydrogen-bond acceptors (Lipinski definition) is 5. The fraction of sp³-hybridized carbons (Fsp3) is 0.214. The molecule has 0 amide bonds. The second-order valence-corrected chi connectivity index (χ2v) is 4.55. The molecule has 2 N–H and O–H groups in total. The Morgan fingerprint density at radius 2 is 2.10 bits per heavy atom. The molecule has 6 nitrogen and oxygen atoms in total. The Labute approximate surface area is 116 Å². The van der Waals surface area contributed by atoms with Crippen LogP contribution in [0.2, 0.25) is 0 Å². The molecule has 0 bridgehead atoms. The molecule has 0 radical (unpaired) electrons. The van der Waals surface area contributed by atoms with Crippen LogP contribution in [0, 0.1) is 17.0 Å². The molecule has 2 rings (SSSR count). The normalized spacial score (nSPS) is 11.9. The molecular formula is C14H15N3O3. The average molecular weight is 273 g/mol. The van der Waals surface area contributed by atoms with Crippen LogP contribution in [0.5, 0.6) is 11.6 Å². The van der Waals surface area contributed by atoms with E-state index in [1.54, 1.807) is 37.4 Å². The zero-order chi connectivity index (χ0) is 14.7. The molecule has 0 spiro atoms. The van der Waals surface area contributed by atoms with Gasteiger partial charge in [0, 0.05) is 24.4 Å². The summed E-state index contributed by atoms with van der Waals surface area (Å²) in [6.45, 7) is 3.63. The van der Waals surface area contributed by atoms with Crippen LogP contribution in [-0.2, 0) is 0 Å². The maximum Gasteiger partial charge on any atom is 0.311 e. The number of ether oxygens (including phenoxy) is 1. The van der Waals surface area contributed by atoms with Gasteiger partial charge in [0.1, 0.15) is 0 Å². The van der Waals surface area contributed by atoms with Gasteiger partial charge < -0.3 is 10.5 Å². The summed E-state index contributed by atoms with van der Waals surface area (Å²) in [5, 5.41) is 11.0. The predicted molar refractivity (Wildman–Crippen MR) is 74.7 cm³/mol. The number of nitro groups is 1. The molecule has 0 saturated carbocycles. The lowest BCUT2D eigenvalue weighted by molar-refractivity contribution is -0.385. The lowest BCUT2D eigenvalue weighted by Gasteiger charge is -2.08. The smallest absolute Gasteiger partial charge is 0.311 e. The topological polar surface area (TPSA) is 91.3 Å². The standard InChI is InChI=1S/C14H15N3O3/c1-9-3-5-13(12(7-9)17(18)19)20-14-6-4-11(8-16-14)10(2)15/h3-8,10H,15H2,1-2H3. The van der Waals surface area contributed by atoms with Gasteiger partial charge in [-0.25, -0.2) is 4.98 Å². The van der Waals surface area contributed by atoms with Gasteiger partial charge in [0.05, 0.1) is 4.92 Å². The molecule has 0 aliphatic carbocycles. The van der Waals surface area contributed by atoms with Crippen LogP contribution in [0.3, 0.4) is 0 Å². The molecule has 1 unspecified atom stereocenters. The van der Waals surface area contributed by atoms with Crippen LogP contribution in [0.25, 0.3) is 0 Å². The van der Waals surface area contributed by atoms with E-state index >= 15 is 0 Å². The summed E-state index contributed by atoms with van der Waals surface area (Å²) >= 11 is 0. The van der Waals surface area contributed by atoms with Crippen LogP contribution in [0.1, 0.15) is 24.1 Å². The Morgan fingerprint density at radius 1 is 1.35 bits per heavy atom. The van der Waals surface area contributed by atoms with E-state index in [0.717, 1.165) is 11.1 Å². The van der Waals surface area contributed by atoms with Gasteiger partial charge in [0.25, 0.3) is 0 Å². The first-order valence-electron chi connectivity index (χ1n) is 6.12. The molecule has 1 atom stereocenters. The fourth-order valence-electron chi connectivity index (χ4n) is 1.69. The van der Waals surface area contributed by atoms with Crippen LogP contribution >= 0.6 is 0 Å². The number of hydrogen-bond donors (Lipinski definition) is 1. The Hall–Kier alpha value is -2.47. The van der Waals surface area contributed by atoms with Gasteiger partial charge >= 0.3 is 5.69 Å². The van der Waals surface area contributed by atoms with Crippen molar-refractivity contribution in [3.05, 3.63) is 57.8 Å². The number of pyridine rings is 1. The fourth-order valence-corrected chi connectivity index (χ4v) is 1.69. The van der Waals surface area contributed by atoms with Crippen molar-refractivity contribution < 1.29 is 9.66 Å². The SMILES string of the molecule is Cc1ccc(Oc2ccc(C(C)N)cn2)c([N+](=O)[O-])c1. The molecule has 1 aromatic carbocycles. The van der Waals surface area contributed by atoms with E-state index < -0.39 is 4.92 Å². The second kappa shape index (κ2) is 5.66. The molecule has 0 saturated heterocycles. The first-order valence-corrected chi connectivity index (χ1v) is 6.12. The highest BCUT2D eigenvalue weighted by Gasteiger charge is 2.16. The van der Waals surface area contributed by atoms with Crippen molar-refractivity contribution in [3.63, 3.8) is 0 Å². The number of rotatable bonds is 4. The molecular weight excluding hydrogens is 258 g/mol. The van der Waals surface area contributed by atoms with Gasteiger partial charge in [0.15, 0.2) is 0 Å². The van der Waals surface area contributed by atoms with E-state index in [-0.39, 0.29) is 17.5 Å². The Balaban J connectivity index is 2.28. The molecule has 2 aromatic rings. The molecule has 0 fully saturated rings. The largest absolute Gasteiger partial charge is 0.432 e. The van der Waals surface area contributed by atoms with Crippen molar-refractivity contribution in [2.45, 2.75) is 19.9 Å².